The van der Waals surface area contributed by atoms with Gasteiger partial charge in [0, 0.05) is 36.8 Å². The number of aromatic hydroxyl groups is 1. The molecule has 302 valence electrons. The summed E-state index contributed by atoms with van der Waals surface area (Å²) in [5.41, 5.74) is 7.76. The molecule has 8 rings (SSSR count). The third-order valence-electron chi connectivity index (χ3n) is 11.1. The minimum absolute atomic E-state index is 0.0338. The second-order valence-electron chi connectivity index (χ2n) is 18.7. The van der Waals surface area contributed by atoms with Crippen molar-refractivity contribution in [3.05, 3.63) is 167 Å². The third-order valence-corrected chi connectivity index (χ3v) is 11.1. The number of rotatable bonds is 6. The second-order valence-corrected chi connectivity index (χ2v) is 18.7. The van der Waals surface area contributed by atoms with Gasteiger partial charge in [0.15, 0.2) is 0 Å². The largest absolute Gasteiger partial charge is 0.507 e. The van der Waals surface area contributed by atoms with Crippen molar-refractivity contribution in [2.45, 2.75) is 92.3 Å². The fraction of sp³-hybridized carbons (Fsp3) is 0.250. The van der Waals surface area contributed by atoms with Gasteiger partial charge >= 0.3 is 0 Å². The monoisotopic (exact) mass is 798 g/mol. The zero-order valence-electron chi connectivity index (χ0n) is 45.8. The van der Waals surface area contributed by atoms with E-state index in [9.17, 15) is 5.11 Å². The molecule has 0 amide bonds. The van der Waals surface area contributed by atoms with Crippen molar-refractivity contribution in [1.82, 2.24) is 14.5 Å². The number of pyridine rings is 1. The van der Waals surface area contributed by atoms with Crippen LogP contribution in [0, 0.1) is 13.7 Å². The summed E-state index contributed by atoms with van der Waals surface area (Å²) < 4.78 is 86.6. The van der Waals surface area contributed by atoms with Crippen molar-refractivity contribution >= 4 is 11.0 Å². The number of phenols is 1. The van der Waals surface area contributed by atoms with Gasteiger partial charge in [-0.1, -0.05) is 153 Å². The van der Waals surface area contributed by atoms with Gasteiger partial charge < -0.3 is 5.11 Å². The Morgan fingerprint density at radius 2 is 1.28 bits per heavy atom. The summed E-state index contributed by atoms with van der Waals surface area (Å²) in [6.45, 7) is 13.5. The molecule has 0 atom stereocenters. The molecule has 60 heavy (non-hydrogen) atoms. The Hall–Kier alpha value is -6.26. The highest BCUT2D eigenvalue weighted by atomic mass is 16.3. The predicted octanol–water partition coefficient (Wildman–Crippen LogP) is 15.0. The molecule has 6 aromatic carbocycles. The quantitative estimate of drug-likeness (QED) is 0.182. The van der Waals surface area contributed by atoms with Crippen LogP contribution in [0.2, 0.25) is 0 Å². The van der Waals surface area contributed by atoms with Gasteiger partial charge in [-0.05, 0) is 123 Å². The zero-order chi connectivity index (χ0) is 51.2. The maximum atomic E-state index is 12.4. The highest BCUT2D eigenvalue weighted by Gasteiger charge is 2.29. The van der Waals surface area contributed by atoms with Crippen LogP contribution in [0.1, 0.15) is 104 Å². The Labute approximate surface area is 370 Å². The molecular weight excluding hydrogens is 731 g/mol. The zero-order valence-corrected chi connectivity index (χ0v) is 35.8. The van der Waals surface area contributed by atoms with Gasteiger partial charge in [-0.2, -0.15) is 0 Å². The van der Waals surface area contributed by atoms with Crippen LogP contribution in [0.25, 0.3) is 72.7 Å². The number of para-hydroxylation sites is 1. The molecule has 0 radical (unpaired) electrons. The van der Waals surface area contributed by atoms with Crippen molar-refractivity contribution in [3.63, 3.8) is 0 Å². The average molecular weight is 798 g/mol. The third kappa shape index (κ3) is 7.79. The molecule has 0 aliphatic carbocycles. The molecule has 0 fully saturated rings. The molecule has 0 unspecified atom stereocenters. The number of fused-ring (bicyclic) bond motifs is 1. The summed E-state index contributed by atoms with van der Waals surface area (Å²) in [7, 11) is 0. The predicted molar refractivity (Wildman–Crippen MR) is 253 cm³/mol. The van der Waals surface area contributed by atoms with E-state index in [1.165, 1.54) is 6.20 Å². The summed E-state index contributed by atoms with van der Waals surface area (Å²) in [5.74, 6) is 0.500. The maximum absolute atomic E-state index is 12.4. The van der Waals surface area contributed by atoms with Gasteiger partial charge in [-0.25, -0.2) is 4.98 Å². The molecule has 2 heterocycles. The van der Waals surface area contributed by atoms with E-state index in [1.807, 2.05) is 83.4 Å². The summed E-state index contributed by atoms with van der Waals surface area (Å²) in [5, 5.41) is 12.4. The van der Waals surface area contributed by atoms with Crippen LogP contribution in [0.3, 0.4) is 0 Å². The first-order chi connectivity index (χ1) is 32.5. The van der Waals surface area contributed by atoms with Crippen molar-refractivity contribution in [1.29, 1.82) is 0 Å². The number of hydrogen-bond acceptors (Lipinski definition) is 3. The van der Waals surface area contributed by atoms with Crippen molar-refractivity contribution < 1.29 is 18.8 Å². The first-order valence-electron chi connectivity index (χ1n) is 25.3. The highest BCUT2D eigenvalue weighted by molar-refractivity contribution is 5.97. The number of aromatic nitrogens is 3. The van der Waals surface area contributed by atoms with Crippen LogP contribution >= 0.6 is 0 Å². The van der Waals surface area contributed by atoms with E-state index in [4.69, 9.17) is 23.7 Å². The van der Waals surface area contributed by atoms with E-state index in [1.54, 1.807) is 18.2 Å². The Morgan fingerprint density at radius 1 is 0.567 bits per heavy atom. The molecule has 0 aliphatic rings. The lowest BCUT2D eigenvalue weighted by molar-refractivity contribution is 0.446. The lowest BCUT2D eigenvalue weighted by atomic mass is 9.79. The Balaban J connectivity index is 1.42. The van der Waals surface area contributed by atoms with Gasteiger partial charge in [0.2, 0.25) is 0 Å². The molecule has 0 spiro atoms. The molecule has 0 bridgehead atoms. The van der Waals surface area contributed by atoms with Crippen molar-refractivity contribution in [3.8, 4) is 67.5 Å². The summed E-state index contributed by atoms with van der Waals surface area (Å²) >= 11 is 0. The van der Waals surface area contributed by atoms with Gasteiger partial charge in [0.1, 0.15) is 11.6 Å². The maximum Gasteiger partial charge on any atom is 0.149 e. The van der Waals surface area contributed by atoms with Gasteiger partial charge in [-0.15, -0.1) is 0 Å². The normalized spacial score (nSPS) is 15.2. The molecule has 8 aromatic rings. The fourth-order valence-corrected chi connectivity index (χ4v) is 7.69. The average Bonchev–Trinajstić information content (AvgIpc) is 3.66. The first-order valence-corrected chi connectivity index (χ1v) is 20.3. The van der Waals surface area contributed by atoms with Crippen LogP contribution in [-0.4, -0.2) is 19.6 Å². The molecule has 2 aromatic heterocycles. The van der Waals surface area contributed by atoms with E-state index in [0.29, 0.717) is 50.5 Å². The number of benzene rings is 6. The smallest absolute Gasteiger partial charge is 0.149 e. The summed E-state index contributed by atoms with van der Waals surface area (Å²) in [6, 6.07) is 32.0. The number of aryl methyl sites for hydroxylation is 1. The molecule has 0 saturated heterocycles. The van der Waals surface area contributed by atoms with Crippen LogP contribution in [0.4, 0.5) is 0 Å². The van der Waals surface area contributed by atoms with E-state index in [2.05, 4.69) is 74.4 Å². The molecule has 4 heteroatoms. The van der Waals surface area contributed by atoms with Crippen LogP contribution in [0.5, 0.6) is 5.75 Å². The molecular formula is C56H57N3O. The highest BCUT2D eigenvalue weighted by Crippen LogP contribution is 2.45. The minimum atomic E-state index is -2.84. The summed E-state index contributed by atoms with van der Waals surface area (Å²) in [6.07, 6.45) is 1.53. The Morgan fingerprint density at radius 3 is 1.97 bits per heavy atom. The van der Waals surface area contributed by atoms with Crippen LogP contribution < -0.4 is 0 Å². The number of imidazole rings is 1. The SMILES string of the molecule is [2H]c1c([2H])c(C([2H])([2H])[2H])c([2H])c([2H])c1-c1ccnc(-c2cc(-c3cccc4c3nc(-c3cc(C(C)(C)C)cc(C(C)(C)C)c3O)n4-c3ccc(-c4ccccc4)c(C([2H])([2H])[2H])c3)cc(C(C)(C)C)c2)c1. The minimum Gasteiger partial charge on any atom is -0.507 e. The Bertz CT molecular complexity index is 3320. The van der Waals surface area contributed by atoms with Gasteiger partial charge in [-0.3, -0.25) is 9.55 Å². The fourth-order valence-electron chi connectivity index (χ4n) is 7.69. The van der Waals surface area contributed by atoms with Gasteiger partial charge in [0.25, 0.3) is 0 Å². The molecule has 4 nitrogen and oxygen atoms in total. The van der Waals surface area contributed by atoms with Gasteiger partial charge in [0.05, 0.1) is 27.8 Å². The topological polar surface area (TPSA) is 50.9 Å². The molecule has 1 N–H and O–H groups in total. The number of phenolic OH excluding ortho intramolecular Hbond substituents is 1. The van der Waals surface area contributed by atoms with E-state index < -0.39 is 48.9 Å². The lowest BCUT2D eigenvalue weighted by Gasteiger charge is -2.27. The first kappa shape index (κ1) is 29.9. The van der Waals surface area contributed by atoms with E-state index in [0.717, 1.165) is 33.4 Å². The van der Waals surface area contributed by atoms with Crippen LogP contribution in [0.15, 0.2) is 140 Å². The second kappa shape index (κ2) is 15.1. The molecule has 0 saturated carbocycles. The lowest BCUT2D eigenvalue weighted by Crippen LogP contribution is -2.17. The number of nitrogens with zero attached hydrogens (tertiary/aromatic N) is 3. The molecule has 0 aliphatic heterocycles. The van der Waals surface area contributed by atoms with Crippen molar-refractivity contribution in [2.75, 3.05) is 0 Å². The van der Waals surface area contributed by atoms with E-state index >= 15 is 0 Å². The van der Waals surface area contributed by atoms with E-state index in [-0.39, 0.29) is 27.7 Å². The number of hydrogen-bond donors (Lipinski definition) is 1. The summed E-state index contributed by atoms with van der Waals surface area (Å²) in [4.78, 5) is 10.2. The van der Waals surface area contributed by atoms with Crippen LogP contribution in [-0.2, 0) is 16.2 Å². The Kier molecular flexibility index (Phi) is 7.51. The standard InChI is InChI=1S/C56H57N3O/c1-35-20-22-37(23-21-35)39-26-27-57-49(32-39)41-29-40(30-42(31-41)54(3,4)5)46-18-15-19-50-51(46)58-53(47-33-43(55(6,7)8)34-48(52(47)60)56(9,10)11)59(50)44-24-25-45(36(2)28-44)38-16-13-12-14-17-38/h12-34,60H,1-11H3/i1D3,2D3,20D,21D,22D,23D. The van der Waals surface area contributed by atoms with Crippen molar-refractivity contribution in [2.24, 2.45) is 0 Å².